The molecule has 1 N–H and O–H groups in total. The number of thiophene rings is 1. The molecule has 0 fully saturated rings. The fraction of sp³-hybridized carbons (Fsp3) is 0.353. The number of nitrogens with one attached hydrogen (secondary N) is 1. The maximum atomic E-state index is 11.7. The van der Waals surface area contributed by atoms with Gasteiger partial charge in [0.15, 0.2) is 0 Å². The van der Waals surface area contributed by atoms with E-state index in [1.54, 1.807) is 11.3 Å². The van der Waals surface area contributed by atoms with E-state index in [2.05, 4.69) is 47.1 Å². The molecule has 112 valence electrons. The molecule has 4 heteroatoms. The predicted molar refractivity (Wildman–Crippen MR) is 92.0 cm³/mol. The highest BCUT2D eigenvalue weighted by Gasteiger charge is 2.01. The number of carbonyl (C=O) groups is 1. The molecule has 1 heterocycles. The quantitative estimate of drug-likeness (QED) is 0.549. The fourth-order valence-corrected chi connectivity index (χ4v) is 3.60. The predicted octanol–water partition coefficient (Wildman–Crippen LogP) is 4.37. The van der Waals surface area contributed by atoms with Gasteiger partial charge in [0.05, 0.1) is 0 Å². The molecule has 2 nitrogen and oxygen atoms in total. The van der Waals surface area contributed by atoms with E-state index >= 15 is 0 Å². The Bertz CT molecular complexity index is 511. The highest BCUT2D eigenvalue weighted by molar-refractivity contribution is 7.99. The third-order valence-electron chi connectivity index (χ3n) is 3.06. The Kier molecular flexibility index (Phi) is 7.39. The van der Waals surface area contributed by atoms with Crippen LogP contribution in [0.4, 0.5) is 0 Å². The summed E-state index contributed by atoms with van der Waals surface area (Å²) in [5, 5.41) is 5.08. The monoisotopic (exact) mass is 319 g/mol. The molecule has 1 amide bonds. The van der Waals surface area contributed by atoms with Crippen LogP contribution in [0.25, 0.3) is 0 Å². The van der Waals surface area contributed by atoms with Crippen LogP contribution in [0.5, 0.6) is 0 Å². The van der Waals surface area contributed by atoms with Crippen LogP contribution in [0.3, 0.4) is 0 Å². The fourth-order valence-electron chi connectivity index (χ4n) is 1.97. The van der Waals surface area contributed by atoms with Gasteiger partial charge in [-0.05, 0) is 48.6 Å². The van der Waals surface area contributed by atoms with Crippen molar-refractivity contribution in [2.75, 3.05) is 12.3 Å². The average molecular weight is 319 g/mol. The van der Waals surface area contributed by atoms with Crippen molar-refractivity contribution in [2.24, 2.45) is 0 Å². The number of carbonyl (C=O) groups excluding carboxylic acids is 1. The maximum Gasteiger partial charge on any atom is 0.220 e. The number of aryl methyl sites for hydroxylation is 1. The van der Waals surface area contributed by atoms with Crippen LogP contribution in [-0.2, 0) is 11.2 Å². The topological polar surface area (TPSA) is 29.1 Å². The average Bonchev–Trinajstić information content (AvgIpc) is 3.01. The SMILES string of the molecule is O=C(CCCc1cccs1)NCCCSc1ccccc1. The summed E-state index contributed by atoms with van der Waals surface area (Å²) in [5.41, 5.74) is 0. The van der Waals surface area contributed by atoms with Gasteiger partial charge in [0.25, 0.3) is 0 Å². The summed E-state index contributed by atoms with van der Waals surface area (Å²) in [4.78, 5) is 14.3. The number of rotatable bonds is 9. The van der Waals surface area contributed by atoms with Gasteiger partial charge in [0.2, 0.25) is 5.91 Å². The molecule has 0 unspecified atom stereocenters. The van der Waals surface area contributed by atoms with Gasteiger partial charge < -0.3 is 5.32 Å². The number of thioether (sulfide) groups is 1. The molecule has 0 radical (unpaired) electrons. The van der Waals surface area contributed by atoms with Crippen molar-refractivity contribution in [1.29, 1.82) is 0 Å². The van der Waals surface area contributed by atoms with E-state index in [4.69, 9.17) is 0 Å². The summed E-state index contributed by atoms with van der Waals surface area (Å²) in [6, 6.07) is 14.6. The molecule has 0 aliphatic rings. The molecule has 0 aliphatic heterocycles. The lowest BCUT2D eigenvalue weighted by Gasteiger charge is -2.05. The minimum atomic E-state index is 0.177. The van der Waals surface area contributed by atoms with Gasteiger partial charge in [-0.15, -0.1) is 23.1 Å². The van der Waals surface area contributed by atoms with Crippen molar-refractivity contribution in [1.82, 2.24) is 5.32 Å². The lowest BCUT2D eigenvalue weighted by atomic mass is 10.2. The van der Waals surface area contributed by atoms with Crippen LogP contribution in [0.15, 0.2) is 52.7 Å². The van der Waals surface area contributed by atoms with Crippen molar-refractivity contribution in [3.05, 3.63) is 52.7 Å². The van der Waals surface area contributed by atoms with Crippen LogP contribution in [0.1, 0.15) is 24.1 Å². The normalized spacial score (nSPS) is 10.5. The zero-order valence-corrected chi connectivity index (χ0v) is 13.7. The Labute approximate surface area is 135 Å². The highest BCUT2D eigenvalue weighted by atomic mass is 32.2. The van der Waals surface area contributed by atoms with Crippen LogP contribution >= 0.6 is 23.1 Å². The summed E-state index contributed by atoms with van der Waals surface area (Å²) in [6.45, 7) is 0.775. The van der Waals surface area contributed by atoms with Gasteiger partial charge in [-0.25, -0.2) is 0 Å². The molecule has 0 aliphatic carbocycles. The Morgan fingerprint density at radius 2 is 1.95 bits per heavy atom. The van der Waals surface area contributed by atoms with Crippen molar-refractivity contribution < 1.29 is 4.79 Å². The summed E-state index contributed by atoms with van der Waals surface area (Å²) >= 11 is 3.60. The van der Waals surface area contributed by atoms with Crippen molar-refractivity contribution in [3.63, 3.8) is 0 Å². The second kappa shape index (κ2) is 9.64. The van der Waals surface area contributed by atoms with Crippen LogP contribution in [-0.4, -0.2) is 18.2 Å². The van der Waals surface area contributed by atoms with Crippen molar-refractivity contribution in [2.45, 2.75) is 30.6 Å². The standard InChI is InChI=1S/C17H21NOS2/c19-17(11-4-9-16-10-5-13-20-16)18-12-6-14-21-15-7-2-1-3-8-15/h1-3,5,7-8,10,13H,4,6,9,11-12,14H2,(H,18,19). The molecule has 0 spiro atoms. The number of hydrogen-bond acceptors (Lipinski definition) is 3. The molecule has 2 aromatic rings. The Morgan fingerprint density at radius 3 is 2.71 bits per heavy atom. The van der Waals surface area contributed by atoms with Gasteiger partial charge in [-0.2, -0.15) is 0 Å². The second-order valence-electron chi connectivity index (χ2n) is 4.80. The lowest BCUT2D eigenvalue weighted by Crippen LogP contribution is -2.24. The van der Waals surface area contributed by atoms with E-state index in [1.165, 1.54) is 9.77 Å². The molecular formula is C17H21NOS2. The van der Waals surface area contributed by atoms with E-state index in [-0.39, 0.29) is 5.91 Å². The summed E-state index contributed by atoms with van der Waals surface area (Å²) in [5.74, 6) is 1.22. The van der Waals surface area contributed by atoms with Crippen molar-refractivity contribution >= 4 is 29.0 Å². The minimum Gasteiger partial charge on any atom is -0.356 e. The number of benzene rings is 1. The summed E-state index contributed by atoms with van der Waals surface area (Å²) in [6.07, 6.45) is 3.58. The van der Waals surface area contributed by atoms with E-state index < -0.39 is 0 Å². The van der Waals surface area contributed by atoms with E-state index in [0.29, 0.717) is 6.42 Å². The first-order valence-corrected chi connectivity index (χ1v) is 9.18. The largest absolute Gasteiger partial charge is 0.356 e. The Hall–Kier alpha value is -1.26. The molecule has 0 saturated carbocycles. The molecule has 0 bridgehead atoms. The molecule has 1 aromatic carbocycles. The smallest absolute Gasteiger partial charge is 0.220 e. The third kappa shape index (κ3) is 6.82. The van der Waals surface area contributed by atoms with Gasteiger partial charge >= 0.3 is 0 Å². The summed E-state index contributed by atoms with van der Waals surface area (Å²) in [7, 11) is 0. The van der Waals surface area contributed by atoms with Crippen LogP contribution < -0.4 is 5.32 Å². The molecule has 0 atom stereocenters. The first-order valence-electron chi connectivity index (χ1n) is 7.31. The minimum absolute atomic E-state index is 0.177. The van der Waals surface area contributed by atoms with E-state index in [1.807, 2.05) is 17.8 Å². The van der Waals surface area contributed by atoms with Gasteiger partial charge in [0, 0.05) is 22.7 Å². The zero-order chi connectivity index (χ0) is 14.8. The maximum absolute atomic E-state index is 11.7. The molecule has 1 aromatic heterocycles. The summed E-state index contributed by atoms with van der Waals surface area (Å²) < 4.78 is 0. The van der Waals surface area contributed by atoms with E-state index in [9.17, 15) is 4.79 Å². The third-order valence-corrected chi connectivity index (χ3v) is 5.10. The Balaban J connectivity index is 1.47. The van der Waals surface area contributed by atoms with E-state index in [0.717, 1.165) is 31.6 Å². The van der Waals surface area contributed by atoms with Crippen molar-refractivity contribution in [3.8, 4) is 0 Å². The van der Waals surface area contributed by atoms with Gasteiger partial charge in [-0.1, -0.05) is 24.3 Å². The Morgan fingerprint density at radius 1 is 1.10 bits per heavy atom. The van der Waals surface area contributed by atoms with Crippen LogP contribution in [0.2, 0.25) is 0 Å². The second-order valence-corrected chi connectivity index (χ2v) is 7.00. The molecule has 0 saturated heterocycles. The zero-order valence-electron chi connectivity index (χ0n) is 12.1. The molecule has 21 heavy (non-hydrogen) atoms. The number of hydrogen-bond donors (Lipinski definition) is 1. The van der Waals surface area contributed by atoms with Gasteiger partial charge in [0.1, 0.15) is 0 Å². The number of amides is 1. The lowest BCUT2D eigenvalue weighted by molar-refractivity contribution is -0.121. The van der Waals surface area contributed by atoms with Gasteiger partial charge in [-0.3, -0.25) is 4.79 Å². The van der Waals surface area contributed by atoms with Crippen LogP contribution in [0, 0.1) is 0 Å². The highest BCUT2D eigenvalue weighted by Crippen LogP contribution is 2.17. The molecular weight excluding hydrogens is 298 g/mol. The first-order chi connectivity index (χ1) is 10.3. The molecule has 2 rings (SSSR count). The first kappa shape index (κ1) is 16.1.